The number of carbonyl (C=O) groups excluding carboxylic acids is 1. The van der Waals surface area contributed by atoms with Crippen LogP contribution in [0.1, 0.15) is 21.6 Å². The van der Waals surface area contributed by atoms with Crippen molar-refractivity contribution in [2.45, 2.75) is 11.3 Å². The highest BCUT2D eigenvalue weighted by atomic mass is 79.9. The van der Waals surface area contributed by atoms with Gasteiger partial charge < -0.3 is 5.32 Å². The van der Waals surface area contributed by atoms with Crippen molar-refractivity contribution in [2.24, 2.45) is 5.14 Å². The molecule has 5 rings (SSSR count). The molecule has 1 heterocycles. The minimum Gasteiger partial charge on any atom is -0.322 e. The molecule has 0 aliphatic rings. The molecule has 9 heteroatoms. The van der Waals surface area contributed by atoms with E-state index in [2.05, 4.69) is 21.2 Å². The molecule has 0 bridgehead atoms. The number of hydrogen-bond donors (Lipinski definition) is 2. The second-order valence-corrected chi connectivity index (χ2v) is 11.1. The zero-order valence-electron chi connectivity index (χ0n) is 20.1. The van der Waals surface area contributed by atoms with Crippen molar-refractivity contribution >= 4 is 37.5 Å². The summed E-state index contributed by atoms with van der Waals surface area (Å²) in [4.78, 5) is 12.5. The van der Waals surface area contributed by atoms with Gasteiger partial charge in [0.05, 0.1) is 22.0 Å². The fraction of sp³-hybridized carbons (Fsp3) is 0.0345. The van der Waals surface area contributed by atoms with Crippen LogP contribution in [0, 0.1) is 0 Å². The minimum absolute atomic E-state index is 0.0401. The summed E-state index contributed by atoms with van der Waals surface area (Å²) in [6, 6.07) is 32.9. The van der Waals surface area contributed by atoms with Crippen LogP contribution in [-0.4, -0.2) is 24.1 Å². The number of nitrogens with zero attached hydrogens (tertiary/aromatic N) is 2. The zero-order chi connectivity index (χ0) is 26.7. The average Bonchev–Trinajstić information content (AvgIpc) is 3.34. The number of nitrogens with one attached hydrogen (secondary N) is 1. The van der Waals surface area contributed by atoms with E-state index in [0.29, 0.717) is 23.4 Å². The Morgan fingerprint density at radius 1 is 0.868 bits per heavy atom. The van der Waals surface area contributed by atoms with Crippen molar-refractivity contribution < 1.29 is 13.2 Å². The lowest BCUT2D eigenvalue weighted by molar-refractivity contribution is 0.102. The number of carbonyl (C=O) groups is 1. The van der Waals surface area contributed by atoms with Crippen molar-refractivity contribution in [1.82, 2.24) is 9.78 Å². The van der Waals surface area contributed by atoms with E-state index in [0.717, 1.165) is 27.0 Å². The van der Waals surface area contributed by atoms with Gasteiger partial charge in [0.1, 0.15) is 0 Å². The fourth-order valence-electron chi connectivity index (χ4n) is 4.02. The minimum atomic E-state index is -3.79. The lowest BCUT2D eigenvalue weighted by Gasteiger charge is -2.08. The van der Waals surface area contributed by atoms with Gasteiger partial charge in [0.2, 0.25) is 10.0 Å². The normalized spacial score (nSPS) is 11.3. The van der Waals surface area contributed by atoms with Gasteiger partial charge in [-0.3, -0.25) is 4.79 Å². The molecular formula is C29H23BrN4O3S. The van der Waals surface area contributed by atoms with Crippen LogP contribution in [0.15, 0.2) is 119 Å². The van der Waals surface area contributed by atoms with Gasteiger partial charge in [-0.2, -0.15) is 5.10 Å². The number of hydrogen-bond acceptors (Lipinski definition) is 4. The molecule has 3 N–H and O–H groups in total. The van der Waals surface area contributed by atoms with Crippen molar-refractivity contribution in [3.63, 3.8) is 0 Å². The SMILES string of the molecule is NS(=O)(=O)c1ccc(-n2nc(Cc3ccc(NC(=O)c4ccccc4)cc3)cc2-c2ccc(Br)cc2)cc1. The van der Waals surface area contributed by atoms with Gasteiger partial charge >= 0.3 is 0 Å². The predicted octanol–water partition coefficient (Wildman–Crippen LogP) is 5.79. The first kappa shape index (κ1) is 25.6. The Morgan fingerprint density at radius 2 is 1.53 bits per heavy atom. The van der Waals surface area contributed by atoms with E-state index in [4.69, 9.17) is 10.2 Å². The molecule has 0 radical (unpaired) electrons. The topological polar surface area (TPSA) is 107 Å². The summed E-state index contributed by atoms with van der Waals surface area (Å²) in [5.41, 5.74) is 5.70. The average molecular weight is 587 g/mol. The third kappa shape index (κ3) is 5.91. The van der Waals surface area contributed by atoms with Crippen molar-refractivity contribution in [3.8, 4) is 16.9 Å². The molecule has 0 saturated carbocycles. The largest absolute Gasteiger partial charge is 0.322 e. The van der Waals surface area contributed by atoms with Crippen LogP contribution in [0.4, 0.5) is 5.69 Å². The Kier molecular flexibility index (Phi) is 7.24. The van der Waals surface area contributed by atoms with E-state index < -0.39 is 10.0 Å². The zero-order valence-corrected chi connectivity index (χ0v) is 22.5. The lowest BCUT2D eigenvalue weighted by Crippen LogP contribution is -2.12. The van der Waals surface area contributed by atoms with Gasteiger partial charge in [0, 0.05) is 27.7 Å². The highest BCUT2D eigenvalue weighted by Crippen LogP contribution is 2.27. The molecule has 190 valence electrons. The molecule has 1 amide bonds. The van der Waals surface area contributed by atoms with Gasteiger partial charge in [0.25, 0.3) is 5.91 Å². The summed E-state index contributed by atoms with van der Waals surface area (Å²) in [6.07, 6.45) is 0.568. The van der Waals surface area contributed by atoms with E-state index in [1.165, 1.54) is 12.1 Å². The summed E-state index contributed by atoms with van der Waals surface area (Å²) < 4.78 is 26.1. The van der Waals surface area contributed by atoms with Crippen LogP contribution in [0.2, 0.25) is 0 Å². The Bertz CT molecular complexity index is 1680. The summed E-state index contributed by atoms with van der Waals surface area (Å²) >= 11 is 3.47. The van der Waals surface area contributed by atoms with E-state index in [1.54, 1.807) is 28.9 Å². The molecular weight excluding hydrogens is 564 g/mol. The standard InChI is InChI=1S/C29H23BrN4O3S/c30-23-10-8-21(9-11-23)28-19-25(33-34(28)26-14-16-27(17-15-26)38(31,36)37)18-20-6-12-24(13-7-20)32-29(35)22-4-2-1-3-5-22/h1-17,19H,18H2,(H,32,35)(H2,31,36,37). The number of nitrogens with two attached hydrogens (primary N) is 1. The number of amides is 1. The molecule has 0 saturated heterocycles. The summed E-state index contributed by atoms with van der Waals surface area (Å²) in [5, 5.41) is 13.0. The van der Waals surface area contributed by atoms with Crippen LogP contribution < -0.4 is 10.5 Å². The molecule has 0 spiro atoms. The maximum Gasteiger partial charge on any atom is 0.255 e. The van der Waals surface area contributed by atoms with E-state index in [-0.39, 0.29) is 10.8 Å². The number of primary sulfonamides is 1. The molecule has 0 fully saturated rings. The monoisotopic (exact) mass is 586 g/mol. The summed E-state index contributed by atoms with van der Waals surface area (Å²) in [7, 11) is -3.79. The van der Waals surface area contributed by atoms with E-state index in [1.807, 2.05) is 72.8 Å². The highest BCUT2D eigenvalue weighted by molar-refractivity contribution is 9.10. The lowest BCUT2D eigenvalue weighted by atomic mass is 10.1. The number of sulfonamides is 1. The number of rotatable bonds is 7. The van der Waals surface area contributed by atoms with Crippen LogP contribution in [0.25, 0.3) is 16.9 Å². The van der Waals surface area contributed by atoms with Gasteiger partial charge in [-0.15, -0.1) is 0 Å². The van der Waals surface area contributed by atoms with Crippen molar-refractivity contribution in [1.29, 1.82) is 0 Å². The van der Waals surface area contributed by atoms with Crippen molar-refractivity contribution in [3.05, 3.63) is 130 Å². The van der Waals surface area contributed by atoms with Crippen LogP contribution >= 0.6 is 15.9 Å². The number of benzene rings is 4. The third-order valence-corrected chi connectivity index (χ3v) is 7.40. The third-order valence-electron chi connectivity index (χ3n) is 5.94. The molecule has 0 unspecified atom stereocenters. The van der Waals surface area contributed by atoms with E-state index in [9.17, 15) is 13.2 Å². The number of halogens is 1. The first-order valence-corrected chi connectivity index (χ1v) is 14.0. The highest BCUT2D eigenvalue weighted by Gasteiger charge is 2.14. The van der Waals surface area contributed by atoms with Gasteiger partial charge in [-0.1, -0.05) is 58.4 Å². The summed E-state index contributed by atoms with van der Waals surface area (Å²) in [6.45, 7) is 0. The van der Waals surface area contributed by atoms with Crippen LogP contribution in [0.3, 0.4) is 0 Å². The molecule has 0 aliphatic heterocycles. The smallest absolute Gasteiger partial charge is 0.255 e. The molecule has 5 aromatic rings. The molecule has 0 atom stereocenters. The Labute approximate surface area is 229 Å². The van der Waals surface area contributed by atoms with E-state index >= 15 is 0 Å². The summed E-state index contributed by atoms with van der Waals surface area (Å²) in [5.74, 6) is -0.162. The molecule has 0 aliphatic carbocycles. The van der Waals surface area contributed by atoms with Gasteiger partial charge in [-0.25, -0.2) is 18.2 Å². The number of anilines is 1. The maximum atomic E-state index is 12.4. The molecule has 38 heavy (non-hydrogen) atoms. The molecule has 1 aromatic heterocycles. The maximum absolute atomic E-state index is 12.4. The molecule has 4 aromatic carbocycles. The second kappa shape index (κ2) is 10.7. The molecule has 7 nitrogen and oxygen atoms in total. The Balaban J connectivity index is 1.41. The van der Waals surface area contributed by atoms with Crippen molar-refractivity contribution in [2.75, 3.05) is 5.32 Å². The first-order chi connectivity index (χ1) is 18.3. The number of aromatic nitrogens is 2. The second-order valence-electron chi connectivity index (χ2n) is 8.67. The predicted molar refractivity (Wildman–Crippen MR) is 152 cm³/mol. The quantitative estimate of drug-likeness (QED) is 0.251. The van der Waals surface area contributed by atoms with Gasteiger partial charge in [-0.05, 0) is 72.3 Å². The first-order valence-electron chi connectivity index (χ1n) is 11.7. The van der Waals surface area contributed by atoms with Crippen LogP contribution in [0.5, 0.6) is 0 Å². The Morgan fingerprint density at radius 3 is 2.16 bits per heavy atom. The van der Waals surface area contributed by atoms with Crippen LogP contribution in [-0.2, 0) is 16.4 Å². The Hall–Kier alpha value is -4.05. The fourth-order valence-corrected chi connectivity index (χ4v) is 4.80. The van der Waals surface area contributed by atoms with Gasteiger partial charge in [0.15, 0.2) is 0 Å².